The van der Waals surface area contributed by atoms with Crippen molar-refractivity contribution in [2.75, 3.05) is 11.1 Å². The van der Waals surface area contributed by atoms with Gasteiger partial charge >= 0.3 is 0 Å². The zero-order valence-electron chi connectivity index (χ0n) is 10.5. The number of aryl methyl sites for hydroxylation is 1. The molecule has 3 nitrogen and oxygen atoms in total. The predicted molar refractivity (Wildman–Crippen MR) is 69.9 cm³/mol. The molecule has 0 unspecified atom stereocenters. The summed E-state index contributed by atoms with van der Waals surface area (Å²) in [6.07, 6.45) is 0. The minimum absolute atomic E-state index is 0.338. The van der Waals surface area contributed by atoms with Gasteiger partial charge < -0.3 is 11.1 Å². The summed E-state index contributed by atoms with van der Waals surface area (Å²) < 4.78 is 39.7. The molecule has 2 rings (SSSR count). The fourth-order valence-corrected chi connectivity index (χ4v) is 1.71. The molecule has 0 spiro atoms. The second kappa shape index (κ2) is 5.24. The molecule has 104 valence electrons. The van der Waals surface area contributed by atoms with E-state index in [-0.39, 0.29) is 0 Å². The molecular formula is C14H11F3N2O. The van der Waals surface area contributed by atoms with Gasteiger partial charge in [0.15, 0.2) is 0 Å². The predicted octanol–water partition coefficient (Wildman–Crippen LogP) is 3.25. The van der Waals surface area contributed by atoms with Gasteiger partial charge in [-0.2, -0.15) is 0 Å². The van der Waals surface area contributed by atoms with Crippen molar-refractivity contribution in [2.24, 2.45) is 0 Å². The lowest BCUT2D eigenvalue weighted by Crippen LogP contribution is -2.16. The highest BCUT2D eigenvalue weighted by atomic mass is 19.1. The summed E-state index contributed by atoms with van der Waals surface area (Å²) in [5.41, 5.74) is 6.37. The van der Waals surface area contributed by atoms with Crippen molar-refractivity contribution in [1.29, 1.82) is 0 Å². The number of carbonyl (C=O) groups is 1. The van der Waals surface area contributed by atoms with Gasteiger partial charge in [0, 0.05) is 23.5 Å². The number of anilines is 2. The average Bonchev–Trinajstić information content (AvgIpc) is 2.32. The zero-order valence-corrected chi connectivity index (χ0v) is 10.5. The Hall–Kier alpha value is -2.50. The number of carbonyl (C=O) groups excluding carboxylic acids is 1. The molecule has 0 bridgehead atoms. The van der Waals surface area contributed by atoms with Crippen LogP contribution in [0.25, 0.3) is 0 Å². The van der Waals surface area contributed by atoms with E-state index in [1.165, 1.54) is 6.07 Å². The minimum atomic E-state index is -1.26. The first-order valence-electron chi connectivity index (χ1n) is 5.70. The molecule has 0 atom stereocenters. The number of amides is 1. The Labute approximate surface area is 113 Å². The lowest BCUT2D eigenvalue weighted by Gasteiger charge is -2.09. The van der Waals surface area contributed by atoms with E-state index in [2.05, 4.69) is 5.32 Å². The highest BCUT2D eigenvalue weighted by Crippen LogP contribution is 2.20. The van der Waals surface area contributed by atoms with E-state index in [0.717, 1.165) is 0 Å². The molecule has 0 aromatic heterocycles. The summed E-state index contributed by atoms with van der Waals surface area (Å²) in [7, 11) is 0. The maximum absolute atomic E-state index is 13.4. The van der Waals surface area contributed by atoms with Crippen LogP contribution >= 0.6 is 0 Å². The van der Waals surface area contributed by atoms with E-state index in [9.17, 15) is 18.0 Å². The number of nitrogens with one attached hydrogen (secondary N) is 1. The molecule has 0 radical (unpaired) electrons. The second-order valence-electron chi connectivity index (χ2n) is 4.27. The number of nitrogen functional groups attached to an aromatic ring is 1. The van der Waals surface area contributed by atoms with Gasteiger partial charge in [0.2, 0.25) is 0 Å². The number of nitrogens with two attached hydrogens (primary N) is 1. The van der Waals surface area contributed by atoms with Gasteiger partial charge in [0.1, 0.15) is 23.0 Å². The Kier molecular flexibility index (Phi) is 3.65. The monoisotopic (exact) mass is 280 g/mol. The van der Waals surface area contributed by atoms with Crippen LogP contribution in [0.4, 0.5) is 24.5 Å². The van der Waals surface area contributed by atoms with Gasteiger partial charge in [-0.3, -0.25) is 4.79 Å². The highest BCUT2D eigenvalue weighted by molar-refractivity contribution is 6.04. The van der Waals surface area contributed by atoms with Gasteiger partial charge in [0.25, 0.3) is 5.91 Å². The highest BCUT2D eigenvalue weighted by Gasteiger charge is 2.19. The Morgan fingerprint density at radius 2 is 1.70 bits per heavy atom. The number of rotatable bonds is 2. The van der Waals surface area contributed by atoms with Gasteiger partial charge in [0.05, 0.1) is 0 Å². The van der Waals surface area contributed by atoms with Crippen molar-refractivity contribution in [3.63, 3.8) is 0 Å². The molecule has 0 saturated heterocycles. The molecule has 6 heteroatoms. The molecule has 2 aromatic carbocycles. The Morgan fingerprint density at radius 1 is 1.10 bits per heavy atom. The standard InChI is InChI=1S/C14H11F3N2O/c1-7-4-9(2-3-12(7)18)19-14(20)13-10(16)5-8(15)6-11(13)17/h2-6H,18H2,1H3,(H,19,20). The van der Waals surface area contributed by atoms with Crippen LogP contribution in [0.3, 0.4) is 0 Å². The Morgan fingerprint density at radius 3 is 2.25 bits per heavy atom. The summed E-state index contributed by atoms with van der Waals surface area (Å²) in [6, 6.07) is 5.52. The molecule has 0 saturated carbocycles. The fraction of sp³-hybridized carbons (Fsp3) is 0.0714. The lowest BCUT2D eigenvalue weighted by atomic mass is 10.1. The van der Waals surface area contributed by atoms with E-state index in [0.29, 0.717) is 29.1 Å². The van der Waals surface area contributed by atoms with Crippen LogP contribution < -0.4 is 11.1 Å². The third kappa shape index (κ3) is 2.74. The molecule has 20 heavy (non-hydrogen) atoms. The van der Waals surface area contributed by atoms with E-state index in [1.807, 2.05) is 0 Å². The quantitative estimate of drug-likeness (QED) is 0.830. The van der Waals surface area contributed by atoms with Crippen molar-refractivity contribution in [1.82, 2.24) is 0 Å². The van der Waals surface area contributed by atoms with Crippen LogP contribution in [0.5, 0.6) is 0 Å². The topological polar surface area (TPSA) is 55.1 Å². The smallest absolute Gasteiger partial charge is 0.261 e. The van der Waals surface area contributed by atoms with Crippen LogP contribution in [0.2, 0.25) is 0 Å². The number of halogens is 3. The molecule has 0 fully saturated rings. The number of hydrogen-bond donors (Lipinski definition) is 2. The SMILES string of the molecule is Cc1cc(NC(=O)c2c(F)cc(F)cc2F)ccc1N. The van der Waals surface area contributed by atoms with Crippen LogP contribution in [-0.2, 0) is 0 Å². The van der Waals surface area contributed by atoms with E-state index >= 15 is 0 Å². The molecule has 1 amide bonds. The van der Waals surface area contributed by atoms with Gasteiger partial charge in [-0.05, 0) is 30.7 Å². The van der Waals surface area contributed by atoms with Gasteiger partial charge in [-0.15, -0.1) is 0 Å². The van der Waals surface area contributed by atoms with Crippen molar-refractivity contribution >= 4 is 17.3 Å². The lowest BCUT2D eigenvalue weighted by molar-refractivity contribution is 0.101. The zero-order chi connectivity index (χ0) is 14.9. The van der Waals surface area contributed by atoms with E-state index in [1.54, 1.807) is 19.1 Å². The summed E-state index contributed by atoms with van der Waals surface area (Å²) in [5.74, 6) is -4.59. The van der Waals surface area contributed by atoms with Gasteiger partial charge in [-0.1, -0.05) is 0 Å². The number of benzene rings is 2. The van der Waals surface area contributed by atoms with Crippen LogP contribution in [0, 0.1) is 24.4 Å². The van der Waals surface area contributed by atoms with Crippen LogP contribution in [-0.4, -0.2) is 5.91 Å². The first-order valence-corrected chi connectivity index (χ1v) is 5.70. The summed E-state index contributed by atoms with van der Waals surface area (Å²) in [5, 5.41) is 2.33. The van der Waals surface area contributed by atoms with Crippen molar-refractivity contribution in [2.45, 2.75) is 6.92 Å². The Bertz CT molecular complexity index is 663. The average molecular weight is 280 g/mol. The van der Waals surface area contributed by atoms with Crippen molar-refractivity contribution in [3.05, 3.63) is 58.9 Å². The maximum atomic E-state index is 13.4. The van der Waals surface area contributed by atoms with Crippen molar-refractivity contribution in [3.8, 4) is 0 Å². The summed E-state index contributed by atoms with van der Waals surface area (Å²) >= 11 is 0. The minimum Gasteiger partial charge on any atom is -0.399 e. The third-order valence-electron chi connectivity index (χ3n) is 2.76. The molecule has 3 N–H and O–H groups in total. The molecular weight excluding hydrogens is 269 g/mol. The van der Waals surface area contributed by atoms with Gasteiger partial charge in [-0.25, -0.2) is 13.2 Å². The van der Waals surface area contributed by atoms with Crippen molar-refractivity contribution < 1.29 is 18.0 Å². The third-order valence-corrected chi connectivity index (χ3v) is 2.76. The molecule has 2 aromatic rings. The van der Waals surface area contributed by atoms with Crippen LogP contribution in [0.1, 0.15) is 15.9 Å². The fourth-order valence-electron chi connectivity index (χ4n) is 1.71. The first-order chi connectivity index (χ1) is 9.38. The van der Waals surface area contributed by atoms with E-state index < -0.39 is 28.9 Å². The Balaban J connectivity index is 2.31. The maximum Gasteiger partial charge on any atom is 0.261 e. The molecule has 0 aliphatic heterocycles. The first kappa shape index (κ1) is 13.9. The molecule has 0 aliphatic rings. The second-order valence-corrected chi connectivity index (χ2v) is 4.27. The van der Waals surface area contributed by atoms with E-state index in [4.69, 9.17) is 5.73 Å². The molecule has 0 heterocycles. The largest absolute Gasteiger partial charge is 0.399 e. The summed E-state index contributed by atoms with van der Waals surface area (Å²) in [4.78, 5) is 11.8. The molecule has 0 aliphatic carbocycles. The number of hydrogen-bond acceptors (Lipinski definition) is 2. The normalized spacial score (nSPS) is 10.4. The van der Waals surface area contributed by atoms with Crippen LogP contribution in [0.15, 0.2) is 30.3 Å². The summed E-state index contributed by atoms with van der Waals surface area (Å²) in [6.45, 7) is 1.73.